The van der Waals surface area contributed by atoms with E-state index in [4.69, 9.17) is 0 Å². The van der Waals surface area contributed by atoms with Gasteiger partial charge in [0.25, 0.3) is 0 Å². The first-order valence-electron chi connectivity index (χ1n) is 6.85. The molecular formula is C18H18Br2O. The quantitative estimate of drug-likeness (QED) is 0.573. The standard InChI is InChI=1S/C18H18Br2O/c1-18(2,3)13-6-4-12(5-7-13)10-17(21)15-11-14(19)8-9-16(15)20/h4-9,11H,10H2,1-3H3. The number of carbonyl (C=O) groups is 1. The monoisotopic (exact) mass is 408 g/mol. The van der Waals surface area contributed by atoms with Gasteiger partial charge in [-0.15, -0.1) is 0 Å². The molecule has 0 aliphatic heterocycles. The van der Waals surface area contributed by atoms with E-state index in [1.54, 1.807) is 0 Å². The second-order valence-corrected chi connectivity index (χ2v) is 7.94. The van der Waals surface area contributed by atoms with Gasteiger partial charge >= 0.3 is 0 Å². The van der Waals surface area contributed by atoms with Crippen LogP contribution in [0, 0.1) is 0 Å². The number of rotatable bonds is 3. The van der Waals surface area contributed by atoms with Crippen molar-refractivity contribution in [1.29, 1.82) is 0 Å². The maximum Gasteiger partial charge on any atom is 0.168 e. The number of hydrogen-bond donors (Lipinski definition) is 0. The lowest BCUT2D eigenvalue weighted by Crippen LogP contribution is -2.11. The minimum atomic E-state index is 0.117. The van der Waals surface area contributed by atoms with E-state index in [9.17, 15) is 4.79 Å². The molecule has 0 saturated heterocycles. The molecule has 21 heavy (non-hydrogen) atoms. The highest BCUT2D eigenvalue weighted by molar-refractivity contribution is 9.11. The Hall–Kier alpha value is -0.930. The Morgan fingerprint density at radius 2 is 1.62 bits per heavy atom. The van der Waals surface area contributed by atoms with Gasteiger partial charge in [-0.3, -0.25) is 4.79 Å². The van der Waals surface area contributed by atoms with Crippen molar-refractivity contribution in [1.82, 2.24) is 0 Å². The lowest BCUT2D eigenvalue weighted by atomic mass is 9.86. The van der Waals surface area contributed by atoms with Crippen molar-refractivity contribution in [2.24, 2.45) is 0 Å². The van der Waals surface area contributed by atoms with Gasteiger partial charge < -0.3 is 0 Å². The summed E-state index contributed by atoms with van der Waals surface area (Å²) >= 11 is 6.85. The van der Waals surface area contributed by atoms with Gasteiger partial charge in [-0.2, -0.15) is 0 Å². The molecule has 1 nitrogen and oxygen atoms in total. The lowest BCUT2D eigenvalue weighted by molar-refractivity contribution is 0.0992. The molecule has 0 radical (unpaired) electrons. The summed E-state index contributed by atoms with van der Waals surface area (Å²) in [4.78, 5) is 12.4. The van der Waals surface area contributed by atoms with Crippen molar-refractivity contribution >= 4 is 37.6 Å². The summed E-state index contributed by atoms with van der Waals surface area (Å²) in [5.41, 5.74) is 3.17. The number of halogens is 2. The van der Waals surface area contributed by atoms with Crippen LogP contribution in [0.3, 0.4) is 0 Å². The lowest BCUT2D eigenvalue weighted by Gasteiger charge is -2.19. The Labute approximate surface area is 143 Å². The zero-order valence-corrected chi connectivity index (χ0v) is 15.6. The molecule has 0 fully saturated rings. The fraction of sp³-hybridized carbons (Fsp3) is 0.278. The van der Waals surface area contributed by atoms with Crippen LogP contribution in [0.4, 0.5) is 0 Å². The van der Waals surface area contributed by atoms with Gasteiger partial charge in [-0.25, -0.2) is 0 Å². The van der Waals surface area contributed by atoms with Crippen molar-refractivity contribution in [2.75, 3.05) is 0 Å². The molecule has 0 heterocycles. The second-order valence-electron chi connectivity index (χ2n) is 6.17. The van der Waals surface area contributed by atoms with Gasteiger partial charge in [0.05, 0.1) is 0 Å². The number of benzene rings is 2. The van der Waals surface area contributed by atoms with Crippen LogP contribution in [0.25, 0.3) is 0 Å². The average Bonchev–Trinajstić information content (AvgIpc) is 2.41. The van der Waals surface area contributed by atoms with Gasteiger partial charge in [-0.05, 0) is 34.7 Å². The third-order valence-electron chi connectivity index (χ3n) is 3.41. The smallest absolute Gasteiger partial charge is 0.168 e. The van der Waals surface area contributed by atoms with E-state index >= 15 is 0 Å². The predicted octanol–water partition coefficient (Wildman–Crippen LogP) is 5.93. The fourth-order valence-electron chi connectivity index (χ4n) is 2.11. The van der Waals surface area contributed by atoms with E-state index in [0.717, 1.165) is 14.5 Å². The zero-order chi connectivity index (χ0) is 15.6. The van der Waals surface area contributed by atoms with Crippen LogP contribution in [-0.4, -0.2) is 5.78 Å². The Kier molecular flexibility index (Phi) is 5.05. The highest BCUT2D eigenvalue weighted by Crippen LogP contribution is 2.25. The van der Waals surface area contributed by atoms with Crippen LogP contribution in [0.5, 0.6) is 0 Å². The van der Waals surface area contributed by atoms with Crippen molar-refractivity contribution in [2.45, 2.75) is 32.6 Å². The molecule has 2 rings (SSSR count). The Morgan fingerprint density at radius 1 is 1.00 bits per heavy atom. The zero-order valence-electron chi connectivity index (χ0n) is 12.4. The largest absolute Gasteiger partial charge is 0.294 e. The number of hydrogen-bond acceptors (Lipinski definition) is 1. The molecule has 110 valence electrons. The number of Topliss-reactive ketones (excluding diaryl/α,β-unsaturated/α-hetero) is 1. The van der Waals surface area contributed by atoms with Crippen molar-refractivity contribution in [3.8, 4) is 0 Å². The van der Waals surface area contributed by atoms with Crippen LogP contribution in [0.15, 0.2) is 51.4 Å². The normalized spacial score (nSPS) is 11.5. The Bertz CT molecular complexity index is 652. The topological polar surface area (TPSA) is 17.1 Å². The molecule has 0 aliphatic carbocycles. The molecule has 0 N–H and O–H groups in total. The molecular weight excluding hydrogens is 392 g/mol. The van der Waals surface area contributed by atoms with Crippen LogP contribution in [-0.2, 0) is 11.8 Å². The first kappa shape index (κ1) is 16.4. The fourth-order valence-corrected chi connectivity index (χ4v) is 2.94. The van der Waals surface area contributed by atoms with Crippen LogP contribution in [0.1, 0.15) is 42.3 Å². The third kappa shape index (κ3) is 4.27. The van der Waals surface area contributed by atoms with Gasteiger partial charge in [-0.1, -0.05) is 76.9 Å². The van der Waals surface area contributed by atoms with Crippen molar-refractivity contribution < 1.29 is 4.79 Å². The van der Waals surface area contributed by atoms with Crippen LogP contribution in [0.2, 0.25) is 0 Å². The molecule has 2 aromatic carbocycles. The second kappa shape index (κ2) is 6.45. The maximum atomic E-state index is 12.4. The molecule has 0 unspecified atom stereocenters. The molecule has 0 atom stereocenters. The van der Waals surface area contributed by atoms with E-state index in [-0.39, 0.29) is 11.2 Å². The summed E-state index contributed by atoms with van der Waals surface area (Å²) in [5.74, 6) is 0.117. The summed E-state index contributed by atoms with van der Waals surface area (Å²) in [7, 11) is 0. The van der Waals surface area contributed by atoms with Crippen molar-refractivity contribution in [3.05, 3.63) is 68.1 Å². The number of carbonyl (C=O) groups excluding carboxylic acids is 1. The highest BCUT2D eigenvalue weighted by Gasteiger charge is 2.15. The molecule has 0 aromatic heterocycles. The molecule has 0 spiro atoms. The minimum Gasteiger partial charge on any atom is -0.294 e. The minimum absolute atomic E-state index is 0.117. The van der Waals surface area contributed by atoms with Gasteiger partial charge in [0, 0.05) is 20.9 Å². The van der Waals surface area contributed by atoms with Gasteiger partial charge in [0.15, 0.2) is 5.78 Å². The van der Waals surface area contributed by atoms with Crippen LogP contribution < -0.4 is 0 Å². The molecule has 0 amide bonds. The third-order valence-corrected chi connectivity index (χ3v) is 4.60. The van der Waals surface area contributed by atoms with E-state index in [1.165, 1.54) is 5.56 Å². The summed E-state index contributed by atoms with van der Waals surface area (Å²) in [6, 6.07) is 14.0. The molecule has 0 aliphatic rings. The van der Waals surface area contributed by atoms with E-state index in [1.807, 2.05) is 30.3 Å². The molecule has 3 heteroatoms. The SMILES string of the molecule is CC(C)(C)c1ccc(CC(=O)c2cc(Br)ccc2Br)cc1. The van der Waals surface area contributed by atoms with Crippen molar-refractivity contribution in [3.63, 3.8) is 0 Å². The first-order chi connectivity index (χ1) is 9.77. The maximum absolute atomic E-state index is 12.4. The average molecular weight is 410 g/mol. The highest BCUT2D eigenvalue weighted by atomic mass is 79.9. The first-order valence-corrected chi connectivity index (χ1v) is 8.43. The van der Waals surface area contributed by atoms with Gasteiger partial charge in [0.1, 0.15) is 0 Å². The van der Waals surface area contributed by atoms with E-state index in [2.05, 4.69) is 64.8 Å². The van der Waals surface area contributed by atoms with E-state index in [0.29, 0.717) is 12.0 Å². The molecule has 0 bridgehead atoms. The van der Waals surface area contributed by atoms with Gasteiger partial charge in [0.2, 0.25) is 0 Å². The van der Waals surface area contributed by atoms with E-state index < -0.39 is 0 Å². The predicted molar refractivity (Wildman–Crippen MR) is 95.0 cm³/mol. The summed E-state index contributed by atoms with van der Waals surface area (Å²) < 4.78 is 1.75. The molecule has 2 aromatic rings. The van der Waals surface area contributed by atoms with Crippen LogP contribution >= 0.6 is 31.9 Å². The summed E-state index contributed by atoms with van der Waals surface area (Å²) in [6.45, 7) is 6.56. The summed E-state index contributed by atoms with van der Waals surface area (Å²) in [5, 5.41) is 0. The number of ketones is 1. The molecule has 0 saturated carbocycles. The Morgan fingerprint density at radius 3 is 2.19 bits per heavy atom. The Balaban J connectivity index is 2.18. The summed E-state index contributed by atoms with van der Waals surface area (Å²) in [6.07, 6.45) is 0.416.